The molecule has 2 rings (SSSR count). The number of methoxy groups -OCH3 is 1. The number of carbonyl (C=O) groups is 2. The van der Waals surface area contributed by atoms with Gasteiger partial charge in [-0.3, -0.25) is 4.79 Å². The van der Waals surface area contributed by atoms with Gasteiger partial charge in [0.15, 0.2) is 0 Å². The Morgan fingerprint density at radius 3 is 2.61 bits per heavy atom. The zero-order valence-corrected chi connectivity index (χ0v) is 14.4. The Morgan fingerprint density at radius 2 is 2.00 bits per heavy atom. The average molecular weight is 328 g/mol. The minimum Gasteiger partial charge on any atom is -0.444 e. The molecule has 7 heteroatoms. The third kappa shape index (κ3) is 4.57. The molecule has 132 valence electrons. The Balaban J connectivity index is 1.94. The number of hydrogen-bond donors (Lipinski definition) is 2. The lowest BCUT2D eigenvalue weighted by molar-refractivity contribution is -0.137. The molecule has 0 aromatic heterocycles. The SMILES string of the molecule is CO[C@@H]1C[C@@H](O)CC[C@@H]1N1CC[C@H](NC(=O)OC(C)(C)C)C1=O. The summed E-state index contributed by atoms with van der Waals surface area (Å²) in [7, 11) is 1.60. The summed E-state index contributed by atoms with van der Waals surface area (Å²) in [6, 6.07) is -0.587. The van der Waals surface area contributed by atoms with Crippen molar-refractivity contribution in [3.63, 3.8) is 0 Å². The van der Waals surface area contributed by atoms with E-state index in [0.29, 0.717) is 32.2 Å². The second kappa shape index (κ2) is 7.05. The molecule has 7 nitrogen and oxygen atoms in total. The van der Waals surface area contributed by atoms with Crippen molar-refractivity contribution in [2.45, 2.75) is 76.3 Å². The highest BCUT2D eigenvalue weighted by Crippen LogP contribution is 2.29. The first-order valence-electron chi connectivity index (χ1n) is 8.22. The van der Waals surface area contributed by atoms with Gasteiger partial charge < -0.3 is 24.8 Å². The van der Waals surface area contributed by atoms with Crippen LogP contribution in [0.3, 0.4) is 0 Å². The van der Waals surface area contributed by atoms with E-state index < -0.39 is 17.7 Å². The zero-order chi connectivity index (χ0) is 17.2. The third-order valence-corrected chi connectivity index (χ3v) is 4.36. The van der Waals surface area contributed by atoms with Crippen LogP contribution < -0.4 is 5.32 Å². The quantitative estimate of drug-likeness (QED) is 0.808. The standard InChI is InChI=1S/C16H28N2O5/c1-16(2,3)23-15(21)17-11-7-8-18(14(11)20)12-6-5-10(19)9-13(12)22-4/h10-13,19H,5-9H2,1-4H3,(H,17,21)/t10-,11-,12-,13+/m0/s1. The number of amides is 2. The van der Waals surface area contributed by atoms with Crippen molar-refractivity contribution in [3.05, 3.63) is 0 Å². The van der Waals surface area contributed by atoms with Crippen molar-refractivity contribution in [3.8, 4) is 0 Å². The smallest absolute Gasteiger partial charge is 0.408 e. The maximum absolute atomic E-state index is 12.6. The number of aliphatic hydroxyl groups excluding tert-OH is 1. The monoisotopic (exact) mass is 328 g/mol. The van der Waals surface area contributed by atoms with Gasteiger partial charge in [0.05, 0.1) is 18.2 Å². The second-order valence-electron chi connectivity index (χ2n) is 7.33. The van der Waals surface area contributed by atoms with Crippen molar-refractivity contribution < 1.29 is 24.2 Å². The summed E-state index contributed by atoms with van der Waals surface area (Å²) in [6.07, 6.45) is 1.37. The molecule has 0 unspecified atom stereocenters. The number of aliphatic hydroxyl groups is 1. The molecule has 2 N–H and O–H groups in total. The van der Waals surface area contributed by atoms with Crippen LogP contribution >= 0.6 is 0 Å². The molecule has 1 aliphatic heterocycles. The van der Waals surface area contributed by atoms with Crippen LogP contribution in [-0.4, -0.2) is 65.6 Å². The van der Waals surface area contributed by atoms with Crippen molar-refractivity contribution in [1.29, 1.82) is 0 Å². The Kier molecular flexibility index (Phi) is 5.52. The van der Waals surface area contributed by atoms with Gasteiger partial charge in [0.25, 0.3) is 0 Å². The predicted octanol–water partition coefficient (Wildman–Crippen LogP) is 1.04. The molecule has 0 aromatic carbocycles. The number of ether oxygens (including phenoxy) is 2. The van der Waals surface area contributed by atoms with Crippen LogP contribution in [0.15, 0.2) is 0 Å². The van der Waals surface area contributed by atoms with Crippen molar-refractivity contribution in [2.24, 2.45) is 0 Å². The molecule has 0 bridgehead atoms. The van der Waals surface area contributed by atoms with Crippen molar-refractivity contribution >= 4 is 12.0 Å². The van der Waals surface area contributed by atoms with Gasteiger partial charge in [-0.15, -0.1) is 0 Å². The Hall–Kier alpha value is -1.34. The first-order chi connectivity index (χ1) is 10.7. The fraction of sp³-hybridized carbons (Fsp3) is 0.875. The molecule has 1 heterocycles. The van der Waals surface area contributed by atoms with Gasteiger partial charge in [0.1, 0.15) is 11.6 Å². The van der Waals surface area contributed by atoms with E-state index in [9.17, 15) is 14.7 Å². The van der Waals surface area contributed by atoms with Gasteiger partial charge >= 0.3 is 6.09 Å². The average Bonchev–Trinajstić information content (AvgIpc) is 2.78. The van der Waals surface area contributed by atoms with Crippen LogP contribution in [0.5, 0.6) is 0 Å². The molecule has 0 spiro atoms. The molecule has 1 aliphatic carbocycles. The molecule has 1 saturated carbocycles. The fourth-order valence-electron chi connectivity index (χ4n) is 3.32. The van der Waals surface area contributed by atoms with E-state index >= 15 is 0 Å². The van der Waals surface area contributed by atoms with E-state index in [1.165, 1.54) is 0 Å². The molecule has 0 radical (unpaired) electrons. The summed E-state index contributed by atoms with van der Waals surface area (Å²) in [5, 5.41) is 12.4. The topological polar surface area (TPSA) is 88.1 Å². The fourth-order valence-corrected chi connectivity index (χ4v) is 3.32. The van der Waals surface area contributed by atoms with E-state index in [2.05, 4.69) is 5.32 Å². The van der Waals surface area contributed by atoms with Crippen LogP contribution in [-0.2, 0) is 14.3 Å². The molecule has 2 aliphatic rings. The normalized spacial score (nSPS) is 32.0. The molecular formula is C16H28N2O5. The third-order valence-electron chi connectivity index (χ3n) is 4.36. The molecular weight excluding hydrogens is 300 g/mol. The maximum Gasteiger partial charge on any atom is 0.408 e. The van der Waals surface area contributed by atoms with Crippen LogP contribution in [0.25, 0.3) is 0 Å². The number of likely N-dealkylation sites (tertiary alicyclic amines) is 1. The lowest BCUT2D eigenvalue weighted by atomic mass is 9.89. The van der Waals surface area contributed by atoms with E-state index in [0.717, 1.165) is 0 Å². The van der Waals surface area contributed by atoms with Gasteiger partial charge in [-0.25, -0.2) is 4.79 Å². The second-order valence-corrected chi connectivity index (χ2v) is 7.33. The predicted molar refractivity (Wildman–Crippen MR) is 83.9 cm³/mol. The highest BCUT2D eigenvalue weighted by atomic mass is 16.6. The minimum absolute atomic E-state index is 0.0404. The van der Waals surface area contributed by atoms with Crippen molar-refractivity contribution in [2.75, 3.05) is 13.7 Å². The summed E-state index contributed by atoms with van der Waals surface area (Å²) in [5.74, 6) is -0.0979. The number of nitrogens with one attached hydrogen (secondary N) is 1. The maximum atomic E-state index is 12.6. The molecule has 2 amide bonds. The molecule has 2 fully saturated rings. The van der Waals surface area contributed by atoms with Crippen LogP contribution in [0.4, 0.5) is 4.79 Å². The first-order valence-corrected chi connectivity index (χ1v) is 8.22. The summed E-state index contributed by atoms with van der Waals surface area (Å²) in [5.41, 5.74) is -0.591. The number of hydrogen-bond acceptors (Lipinski definition) is 5. The van der Waals surface area contributed by atoms with Crippen LogP contribution in [0, 0.1) is 0 Å². The minimum atomic E-state index is -0.591. The number of alkyl carbamates (subject to hydrolysis) is 1. The summed E-state index contributed by atoms with van der Waals surface area (Å²) >= 11 is 0. The molecule has 23 heavy (non-hydrogen) atoms. The van der Waals surface area contributed by atoms with E-state index in [-0.39, 0.29) is 24.2 Å². The van der Waals surface area contributed by atoms with E-state index in [4.69, 9.17) is 9.47 Å². The molecule has 0 aromatic rings. The molecule has 1 saturated heterocycles. The largest absolute Gasteiger partial charge is 0.444 e. The first kappa shape index (κ1) is 18.0. The summed E-state index contributed by atoms with van der Waals surface area (Å²) in [4.78, 5) is 26.2. The summed E-state index contributed by atoms with van der Waals surface area (Å²) in [6.45, 7) is 5.93. The Morgan fingerprint density at radius 1 is 1.30 bits per heavy atom. The Bertz CT molecular complexity index is 448. The van der Waals surface area contributed by atoms with Gasteiger partial charge in [-0.05, 0) is 40.0 Å². The van der Waals surface area contributed by atoms with Gasteiger partial charge in [-0.1, -0.05) is 0 Å². The molecule has 4 atom stereocenters. The Labute approximate surface area is 137 Å². The number of carbonyl (C=O) groups excluding carboxylic acids is 2. The lowest BCUT2D eigenvalue weighted by Crippen LogP contribution is -2.52. The van der Waals surface area contributed by atoms with Gasteiger partial charge in [-0.2, -0.15) is 0 Å². The number of nitrogens with zero attached hydrogens (tertiary/aromatic N) is 1. The van der Waals surface area contributed by atoms with Gasteiger partial charge in [0.2, 0.25) is 5.91 Å². The van der Waals surface area contributed by atoms with Gasteiger partial charge in [0, 0.05) is 20.1 Å². The lowest BCUT2D eigenvalue weighted by Gasteiger charge is -2.38. The summed E-state index contributed by atoms with van der Waals surface area (Å²) < 4.78 is 10.7. The van der Waals surface area contributed by atoms with Crippen LogP contribution in [0.2, 0.25) is 0 Å². The van der Waals surface area contributed by atoms with Crippen molar-refractivity contribution in [1.82, 2.24) is 10.2 Å². The number of rotatable bonds is 3. The highest BCUT2D eigenvalue weighted by molar-refractivity contribution is 5.87. The zero-order valence-electron chi connectivity index (χ0n) is 14.4. The van der Waals surface area contributed by atoms with E-state index in [1.807, 2.05) is 0 Å². The van der Waals surface area contributed by atoms with Crippen LogP contribution in [0.1, 0.15) is 46.5 Å². The van der Waals surface area contributed by atoms with E-state index in [1.54, 1.807) is 32.8 Å². The highest BCUT2D eigenvalue weighted by Gasteiger charge is 2.42.